The summed E-state index contributed by atoms with van der Waals surface area (Å²) in [7, 11) is 1.54. The fourth-order valence-corrected chi connectivity index (χ4v) is 3.22. The van der Waals surface area contributed by atoms with E-state index in [1.807, 2.05) is 6.07 Å². The maximum Gasteiger partial charge on any atom is 0.339 e. The molecule has 1 heterocycles. The van der Waals surface area contributed by atoms with Crippen LogP contribution in [0.25, 0.3) is 0 Å². The molecule has 3 aromatic carbocycles. The molecule has 0 radical (unpaired) electrons. The average Bonchev–Trinajstić information content (AvgIpc) is 3.31. The third-order valence-electron chi connectivity index (χ3n) is 4.93. The summed E-state index contributed by atoms with van der Waals surface area (Å²) in [4.78, 5) is 30.0. The molecule has 35 heavy (non-hydrogen) atoms. The van der Waals surface area contributed by atoms with Gasteiger partial charge in [0.2, 0.25) is 17.8 Å². The highest BCUT2D eigenvalue weighted by molar-refractivity contribution is 5.98. The largest absolute Gasteiger partial charge is 0.497 e. The molecule has 9 heteroatoms. The van der Waals surface area contributed by atoms with Gasteiger partial charge in [-0.25, -0.2) is 4.79 Å². The van der Waals surface area contributed by atoms with Crippen molar-refractivity contribution in [2.45, 2.75) is 19.6 Å². The van der Waals surface area contributed by atoms with E-state index >= 15 is 0 Å². The van der Waals surface area contributed by atoms with E-state index in [0.717, 1.165) is 0 Å². The molecule has 0 unspecified atom stereocenters. The van der Waals surface area contributed by atoms with Gasteiger partial charge in [-0.05, 0) is 36.4 Å². The quantitative estimate of drug-likeness (QED) is 0.354. The zero-order valence-corrected chi connectivity index (χ0v) is 19.1. The lowest BCUT2D eigenvalue weighted by atomic mass is 10.1. The minimum Gasteiger partial charge on any atom is -0.497 e. The lowest BCUT2D eigenvalue weighted by Gasteiger charge is -2.18. The molecule has 0 aliphatic carbocycles. The van der Waals surface area contributed by atoms with Crippen LogP contribution in [0.4, 0.5) is 5.69 Å². The maximum absolute atomic E-state index is 13.1. The number of amides is 1. The Bertz CT molecular complexity index is 1290. The van der Waals surface area contributed by atoms with Crippen LogP contribution in [0.1, 0.15) is 33.7 Å². The van der Waals surface area contributed by atoms with Crippen LogP contribution in [0.5, 0.6) is 11.5 Å². The number of benzene rings is 3. The summed E-state index contributed by atoms with van der Waals surface area (Å²) in [5, 5.41) is 6.54. The van der Waals surface area contributed by atoms with Gasteiger partial charge in [0.05, 0.1) is 12.7 Å². The van der Waals surface area contributed by atoms with Gasteiger partial charge in [-0.1, -0.05) is 41.6 Å². The molecule has 0 aliphatic heterocycles. The monoisotopic (exact) mass is 473 g/mol. The van der Waals surface area contributed by atoms with E-state index in [-0.39, 0.29) is 12.2 Å². The molecule has 0 spiro atoms. The maximum atomic E-state index is 13.1. The smallest absolute Gasteiger partial charge is 0.339 e. The number of ether oxygens (including phenoxy) is 3. The molecule has 1 atom stereocenters. The number of carbonyl (C=O) groups is 2. The first kappa shape index (κ1) is 23.5. The van der Waals surface area contributed by atoms with Crippen molar-refractivity contribution < 1.29 is 28.3 Å². The number of nitrogens with zero attached hydrogens (tertiary/aromatic N) is 2. The van der Waals surface area contributed by atoms with Gasteiger partial charge >= 0.3 is 5.97 Å². The van der Waals surface area contributed by atoms with E-state index < -0.39 is 18.0 Å². The van der Waals surface area contributed by atoms with Crippen molar-refractivity contribution in [1.82, 2.24) is 10.1 Å². The Labute approximate surface area is 201 Å². The van der Waals surface area contributed by atoms with Crippen molar-refractivity contribution in [2.24, 2.45) is 0 Å². The second-order valence-corrected chi connectivity index (χ2v) is 7.46. The zero-order valence-electron chi connectivity index (χ0n) is 19.1. The number of carbonyl (C=O) groups excluding carboxylic acids is 2. The van der Waals surface area contributed by atoms with Crippen molar-refractivity contribution in [3.63, 3.8) is 0 Å². The van der Waals surface area contributed by atoms with E-state index in [9.17, 15) is 9.59 Å². The highest BCUT2D eigenvalue weighted by atomic mass is 16.5. The van der Waals surface area contributed by atoms with Gasteiger partial charge < -0.3 is 24.1 Å². The van der Waals surface area contributed by atoms with Gasteiger partial charge in [0.25, 0.3) is 5.91 Å². The fraction of sp³-hybridized carbons (Fsp3) is 0.154. The Kier molecular flexibility index (Phi) is 7.37. The Hall–Kier alpha value is -4.66. The SMILES string of the molecule is COc1cccc(NC(=O)[C@@H](OC(=O)c2ccc(OCc3noc(C)n3)cc2)c2ccccc2)c1. The molecule has 4 aromatic rings. The zero-order chi connectivity index (χ0) is 24.6. The third kappa shape index (κ3) is 6.23. The van der Waals surface area contributed by atoms with Crippen LogP contribution in [0, 0.1) is 6.92 Å². The first-order valence-electron chi connectivity index (χ1n) is 10.7. The van der Waals surface area contributed by atoms with Gasteiger partial charge in [-0.2, -0.15) is 4.98 Å². The number of hydrogen-bond acceptors (Lipinski definition) is 8. The molecule has 9 nitrogen and oxygen atoms in total. The van der Waals surface area contributed by atoms with Crippen LogP contribution in [0.15, 0.2) is 83.4 Å². The van der Waals surface area contributed by atoms with E-state index in [1.165, 1.54) is 7.11 Å². The number of anilines is 1. The molecular weight excluding hydrogens is 450 g/mol. The molecule has 178 valence electrons. The van der Waals surface area contributed by atoms with Crippen molar-refractivity contribution in [3.05, 3.63) is 102 Å². The summed E-state index contributed by atoms with van der Waals surface area (Å²) in [5.74, 6) is 0.823. The van der Waals surface area contributed by atoms with Crippen molar-refractivity contribution >= 4 is 17.6 Å². The van der Waals surface area contributed by atoms with Crippen LogP contribution < -0.4 is 14.8 Å². The van der Waals surface area contributed by atoms with Crippen molar-refractivity contribution in [1.29, 1.82) is 0 Å². The second-order valence-electron chi connectivity index (χ2n) is 7.46. The lowest BCUT2D eigenvalue weighted by molar-refractivity contribution is -0.125. The molecule has 1 N–H and O–H groups in total. The van der Waals surface area contributed by atoms with Crippen LogP contribution in [-0.2, 0) is 16.1 Å². The number of methoxy groups -OCH3 is 1. The number of rotatable bonds is 9. The molecule has 1 amide bonds. The van der Waals surface area contributed by atoms with Crippen LogP contribution >= 0.6 is 0 Å². The first-order chi connectivity index (χ1) is 17.0. The predicted octanol–water partition coefficient (Wildman–Crippen LogP) is 4.50. The normalized spacial score (nSPS) is 11.4. The highest BCUT2D eigenvalue weighted by Gasteiger charge is 2.26. The average molecular weight is 473 g/mol. The Morgan fingerprint density at radius 1 is 0.971 bits per heavy atom. The molecule has 1 aromatic heterocycles. The molecule has 0 saturated heterocycles. The van der Waals surface area contributed by atoms with Crippen LogP contribution in [0.2, 0.25) is 0 Å². The standard InChI is InChI=1S/C26H23N3O6/c1-17-27-23(29-35-17)16-33-21-13-11-19(12-14-21)26(31)34-24(18-7-4-3-5-8-18)25(30)28-20-9-6-10-22(15-20)32-2/h3-15,24H,16H2,1-2H3,(H,28,30)/t24-/m0/s1. The van der Waals surface area contributed by atoms with Crippen molar-refractivity contribution in [2.75, 3.05) is 12.4 Å². The summed E-state index contributed by atoms with van der Waals surface area (Å²) in [6.45, 7) is 1.82. The molecular formula is C26H23N3O6. The summed E-state index contributed by atoms with van der Waals surface area (Å²) in [6.07, 6.45) is -1.16. The first-order valence-corrected chi connectivity index (χ1v) is 10.7. The Balaban J connectivity index is 1.45. The molecule has 0 bridgehead atoms. The van der Waals surface area contributed by atoms with Gasteiger partial charge in [-0.3, -0.25) is 4.79 Å². The second kappa shape index (κ2) is 11.0. The van der Waals surface area contributed by atoms with E-state index in [2.05, 4.69) is 15.5 Å². The number of nitrogens with one attached hydrogen (secondary N) is 1. The van der Waals surface area contributed by atoms with Gasteiger partial charge in [0.1, 0.15) is 11.5 Å². The van der Waals surface area contributed by atoms with Crippen LogP contribution in [0.3, 0.4) is 0 Å². The van der Waals surface area contributed by atoms with E-state index in [1.54, 1.807) is 79.7 Å². The predicted molar refractivity (Wildman–Crippen MR) is 126 cm³/mol. The Morgan fingerprint density at radius 2 is 1.74 bits per heavy atom. The summed E-state index contributed by atoms with van der Waals surface area (Å²) >= 11 is 0. The van der Waals surface area contributed by atoms with E-state index in [0.29, 0.717) is 34.5 Å². The summed E-state index contributed by atoms with van der Waals surface area (Å²) < 4.78 is 21.3. The highest BCUT2D eigenvalue weighted by Crippen LogP contribution is 2.24. The fourth-order valence-electron chi connectivity index (χ4n) is 3.22. The van der Waals surface area contributed by atoms with Gasteiger partial charge in [-0.15, -0.1) is 0 Å². The number of aryl methyl sites for hydroxylation is 1. The minimum absolute atomic E-state index is 0.127. The van der Waals surface area contributed by atoms with Crippen LogP contribution in [-0.4, -0.2) is 29.1 Å². The third-order valence-corrected chi connectivity index (χ3v) is 4.93. The molecule has 4 rings (SSSR count). The lowest BCUT2D eigenvalue weighted by Crippen LogP contribution is -2.26. The summed E-state index contributed by atoms with van der Waals surface area (Å²) in [5.41, 5.74) is 1.32. The minimum atomic E-state index is -1.16. The van der Waals surface area contributed by atoms with Gasteiger partial charge in [0.15, 0.2) is 6.61 Å². The molecule has 0 saturated carbocycles. The Morgan fingerprint density at radius 3 is 2.43 bits per heavy atom. The number of hydrogen-bond donors (Lipinski definition) is 1. The molecule has 0 aliphatic rings. The number of aromatic nitrogens is 2. The van der Waals surface area contributed by atoms with E-state index in [4.69, 9.17) is 18.7 Å². The van der Waals surface area contributed by atoms with Gasteiger partial charge in [0, 0.05) is 24.2 Å². The molecule has 0 fully saturated rings. The van der Waals surface area contributed by atoms with Crippen molar-refractivity contribution in [3.8, 4) is 11.5 Å². The number of esters is 1. The topological polar surface area (TPSA) is 113 Å². The summed E-state index contributed by atoms with van der Waals surface area (Å²) in [6, 6.07) is 22.1.